The zero-order chi connectivity index (χ0) is 33.4. The molecule has 1 N–H and O–H groups in total. The van der Waals surface area contributed by atoms with Crippen molar-refractivity contribution in [3.05, 3.63) is 70.6 Å². The smallest absolute Gasteiger partial charge is 0.406 e. The molecule has 0 aliphatic carbocycles. The van der Waals surface area contributed by atoms with Crippen molar-refractivity contribution in [3.8, 4) is 11.5 Å². The van der Waals surface area contributed by atoms with Crippen molar-refractivity contribution in [2.24, 2.45) is 7.05 Å². The Bertz CT molecular complexity index is 1900. The average Bonchev–Trinajstić information content (AvgIpc) is 3.42. The van der Waals surface area contributed by atoms with Gasteiger partial charge in [-0.2, -0.15) is 9.40 Å². The molecule has 46 heavy (non-hydrogen) atoms. The second-order valence-corrected chi connectivity index (χ2v) is 12.7. The summed E-state index contributed by atoms with van der Waals surface area (Å²) in [6, 6.07) is 6.75. The van der Waals surface area contributed by atoms with E-state index in [-0.39, 0.29) is 26.2 Å². The first-order valence-corrected chi connectivity index (χ1v) is 15.3. The molecule has 0 unspecified atom stereocenters. The molecule has 0 bridgehead atoms. The molecule has 0 spiro atoms. The maximum absolute atomic E-state index is 13.7. The molecule has 1 amide bonds. The van der Waals surface area contributed by atoms with Gasteiger partial charge in [0.05, 0.1) is 11.1 Å². The minimum Gasteiger partial charge on any atom is -0.406 e. The van der Waals surface area contributed by atoms with E-state index in [0.29, 0.717) is 20.9 Å². The third-order valence-electron chi connectivity index (χ3n) is 6.68. The van der Waals surface area contributed by atoms with E-state index < -0.39 is 56.7 Å². The lowest BCUT2D eigenvalue weighted by Gasteiger charge is -2.39. The molecule has 5 rings (SSSR count). The van der Waals surface area contributed by atoms with E-state index >= 15 is 0 Å². The van der Waals surface area contributed by atoms with Gasteiger partial charge in [-0.15, -0.1) is 26.3 Å². The molecule has 1 fully saturated rings. The first kappa shape index (κ1) is 32.9. The van der Waals surface area contributed by atoms with Crippen LogP contribution >= 0.6 is 11.3 Å². The summed E-state index contributed by atoms with van der Waals surface area (Å²) in [4.78, 5) is 31.7. The Morgan fingerprint density at radius 1 is 0.978 bits per heavy atom. The van der Waals surface area contributed by atoms with Crippen molar-refractivity contribution in [3.63, 3.8) is 0 Å². The molecule has 2 aromatic heterocycles. The number of anilines is 1. The minimum absolute atomic E-state index is 0.0342. The molecular formula is C26H22F6N6O6S2. The molecule has 20 heteroatoms. The fraction of sp³-hybridized carbons (Fsp3) is 0.308. The van der Waals surface area contributed by atoms with Crippen LogP contribution in [-0.4, -0.2) is 71.8 Å². The molecule has 4 aromatic rings. The third-order valence-corrected chi connectivity index (χ3v) is 9.72. The molecule has 0 radical (unpaired) electrons. The highest BCUT2D eigenvalue weighted by Gasteiger charge is 2.41. The van der Waals surface area contributed by atoms with Crippen LogP contribution in [0.4, 0.5) is 31.5 Å². The van der Waals surface area contributed by atoms with Gasteiger partial charge in [-0.1, -0.05) is 23.5 Å². The van der Waals surface area contributed by atoms with Crippen molar-refractivity contribution in [2.75, 3.05) is 24.5 Å². The first-order valence-electron chi connectivity index (χ1n) is 13.1. The number of rotatable bonds is 8. The van der Waals surface area contributed by atoms with Crippen LogP contribution in [0.3, 0.4) is 0 Å². The molecule has 1 aliphatic rings. The van der Waals surface area contributed by atoms with E-state index in [1.54, 1.807) is 4.90 Å². The van der Waals surface area contributed by atoms with Crippen LogP contribution in [0.2, 0.25) is 0 Å². The van der Waals surface area contributed by atoms with E-state index in [1.165, 1.54) is 25.4 Å². The summed E-state index contributed by atoms with van der Waals surface area (Å²) < 4.78 is 113. The van der Waals surface area contributed by atoms with Crippen LogP contribution in [0.25, 0.3) is 10.2 Å². The van der Waals surface area contributed by atoms with Crippen LogP contribution < -0.4 is 25.2 Å². The molecule has 12 nitrogen and oxygen atoms in total. The van der Waals surface area contributed by atoms with Crippen molar-refractivity contribution < 1.29 is 49.0 Å². The van der Waals surface area contributed by atoms with Crippen LogP contribution in [0.15, 0.2) is 64.4 Å². The normalized spacial score (nSPS) is 16.4. The zero-order valence-electron chi connectivity index (χ0n) is 23.4. The van der Waals surface area contributed by atoms with Crippen molar-refractivity contribution in [2.45, 2.75) is 30.2 Å². The summed E-state index contributed by atoms with van der Waals surface area (Å²) in [5, 5.41) is 6.83. The first-order chi connectivity index (χ1) is 21.5. The number of nitrogens with one attached hydrogen (secondary N) is 1. The monoisotopic (exact) mass is 692 g/mol. The fourth-order valence-electron chi connectivity index (χ4n) is 4.54. The molecule has 3 heterocycles. The molecular weight excluding hydrogens is 670 g/mol. The Kier molecular flexibility index (Phi) is 8.88. The van der Waals surface area contributed by atoms with Crippen LogP contribution in [0.1, 0.15) is 5.56 Å². The Balaban J connectivity index is 1.40. The standard InChI is InChI=1S/C26H22F6N6O6S2/c1-36-23(40)21-19(13-34-36)35-24(45-21)37-10-11-38(46(41,42)18-8-6-17(7-9-18)44-26(30,31)32)20(14-37)22(39)33-12-15-2-4-16(5-3-15)43-25(27,28)29/h2-9,13,20H,10-12,14H2,1H3,(H,33,39)/t20-/m1/s1. The zero-order valence-corrected chi connectivity index (χ0v) is 25.0. The number of ether oxygens (including phenoxy) is 2. The summed E-state index contributed by atoms with van der Waals surface area (Å²) in [5.74, 6) is -1.90. The maximum atomic E-state index is 13.7. The van der Waals surface area contributed by atoms with E-state index in [2.05, 4.69) is 24.9 Å². The van der Waals surface area contributed by atoms with Gasteiger partial charge in [0.15, 0.2) is 5.13 Å². The van der Waals surface area contributed by atoms with Gasteiger partial charge in [0.25, 0.3) is 5.56 Å². The van der Waals surface area contributed by atoms with Gasteiger partial charge in [-0.3, -0.25) is 9.59 Å². The molecule has 0 saturated carbocycles. The summed E-state index contributed by atoms with van der Waals surface area (Å²) in [6.07, 6.45) is -8.50. The Labute approximate surface area is 259 Å². The number of aryl methyl sites for hydroxylation is 1. The number of amides is 1. The van der Waals surface area contributed by atoms with E-state index in [0.717, 1.165) is 56.7 Å². The number of thiazole rings is 1. The van der Waals surface area contributed by atoms with Gasteiger partial charge < -0.3 is 19.7 Å². The van der Waals surface area contributed by atoms with Gasteiger partial charge in [-0.05, 0) is 42.0 Å². The number of halogens is 6. The minimum atomic E-state index is -4.99. The summed E-state index contributed by atoms with van der Waals surface area (Å²) in [7, 11) is -3.00. The number of carbonyl (C=O) groups is 1. The number of carbonyl (C=O) groups excluding carboxylic acids is 1. The number of piperazine rings is 1. The van der Waals surface area contributed by atoms with Crippen molar-refractivity contribution in [1.82, 2.24) is 24.4 Å². The highest BCUT2D eigenvalue weighted by atomic mass is 32.2. The lowest BCUT2D eigenvalue weighted by atomic mass is 10.1. The van der Waals surface area contributed by atoms with Crippen LogP contribution in [0, 0.1) is 0 Å². The SMILES string of the molecule is Cn1ncc2nc(N3CCN(S(=O)(=O)c4ccc(OC(F)(F)F)cc4)[C@@H](C(=O)NCc4ccc(OC(F)(F)F)cc4)C3)sc2c1=O. The predicted molar refractivity (Wildman–Crippen MR) is 151 cm³/mol. The highest BCUT2D eigenvalue weighted by molar-refractivity contribution is 7.89. The van der Waals surface area contributed by atoms with Gasteiger partial charge in [0, 0.05) is 33.2 Å². The number of nitrogens with zero attached hydrogens (tertiary/aromatic N) is 5. The van der Waals surface area contributed by atoms with Gasteiger partial charge >= 0.3 is 12.7 Å². The number of alkyl halides is 6. The van der Waals surface area contributed by atoms with Crippen molar-refractivity contribution in [1.29, 1.82) is 0 Å². The highest BCUT2D eigenvalue weighted by Crippen LogP contribution is 2.31. The molecule has 1 atom stereocenters. The van der Waals surface area contributed by atoms with Crippen LogP contribution in [-0.2, 0) is 28.4 Å². The fourth-order valence-corrected chi connectivity index (χ4v) is 7.16. The largest absolute Gasteiger partial charge is 0.573 e. The number of hydrogen-bond acceptors (Lipinski definition) is 10. The topological polar surface area (TPSA) is 136 Å². The molecule has 2 aromatic carbocycles. The number of sulfonamides is 1. The maximum Gasteiger partial charge on any atom is 0.573 e. The molecule has 1 aliphatic heterocycles. The van der Waals surface area contributed by atoms with E-state index in [4.69, 9.17) is 0 Å². The average molecular weight is 693 g/mol. The summed E-state index contributed by atoms with van der Waals surface area (Å²) >= 11 is 1.03. The van der Waals surface area contributed by atoms with Gasteiger partial charge in [-0.25, -0.2) is 18.1 Å². The van der Waals surface area contributed by atoms with Crippen molar-refractivity contribution >= 4 is 42.6 Å². The predicted octanol–water partition coefficient (Wildman–Crippen LogP) is 3.38. The Hall–Kier alpha value is -4.43. The second-order valence-electron chi connectivity index (χ2n) is 9.79. The Morgan fingerprint density at radius 3 is 2.15 bits per heavy atom. The summed E-state index contributed by atoms with van der Waals surface area (Å²) in [6.45, 7) is -0.641. The number of aromatic nitrogens is 3. The number of hydrogen-bond donors (Lipinski definition) is 1. The van der Waals surface area contributed by atoms with Crippen LogP contribution in [0.5, 0.6) is 11.5 Å². The quantitative estimate of drug-likeness (QED) is 0.276. The molecule has 246 valence electrons. The molecule has 1 saturated heterocycles. The number of fused-ring (bicyclic) bond motifs is 1. The van der Waals surface area contributed by atoms with E-state index in [1.807, 2.05) is 0 Å². The second kappa shape index (κ2) is 12.4. The summed E-state index contributed by atoms with van der Waals surface area (Å²) in [5.41, 5.74) is 0.277. The Morgan fingerprint density at radius 2 is 1.57 bits per heavy atom. The van der Waals surface area contributed by atoms with Gasteiger partial charge in [0.1, 0.15) is 27.8 Å². The van der Waals surface area contributed by atoms with Gasteiger partial charge in [0.2, 0.25) is 15.9 Å². The number of benzene rings is 2. The van der Waals surface area contributed by atoms with E-state index in [9.17, 15) is 44.3 Å². The lowest BCUT2D eigenvalue weighted by Crippen LogP contribution is -2.60. The lowest BCUT2D eigenvalue weighted by molar-refractivity contribution is -0.275. The third kappa shape index (κ3) is 7.50.